The molecule has 0 aromatic heterocycles. The lowest BCUT2D eigenvalue weighted by molar-refractivity contribution is -0.137. The highest BCUT2D eigenvalue weighted by atomic mass is 32.2. The van der Waals surface area contributed by atoms with Crippen molar-refractivity contribution in [2.24, 2.45) is 0 Å². The van der Waals surface area contributed by atoms with Crippen LogP contribution in [-0.2, 0) is 11.0 Å². The second-order valence-corrected chi connectivity index (χ2v) is 8.72. The quantitative estimate of drug-likeness (QED) is 0.465. The number of amides is 2. The van der Waals surface area contributed by atoms with Crippen molar-refractivity contribution in [1.29, 1.82) is 0 Å². The van der Waals surface area contributed by atoms with Crippen molar-refractivity contribution in [3.63, 3.8) is 0 Å². The third-order valence-corrected chi connectivity index (χ3v) is 6.62. The van der Waals surface area contributed by atoms with E-state index in [1.54, 1.807) is 42.5 Å². The van der Waals surface area contributed by atoms with E-state index < -0.39 is 17.1 Å². The topological polar surface area (TPSA) is 67.9 Å². The van der Waals surface area contributed by atoms with Gasteiger partial charge in [-0.2, -0.15) is 13.2 Å². The number of thioether (sulfide) groups is 1. The summed E-state index contributed by atoms with van der Waals surface area (Å²) in [5.41, 5.74) is 1.29. The molecule has 0 bridgehead atoms. The molecule has 1 N–H and O–H groups in total. The van der Waals surface area contributed by atoms with Gasteiger partial charge in [0.1, 0.15) is 16.9 Å². The molecule has 1 aliphatic heterocycles. The first kappa shape index (κ1) is 24.5. The van der Waals surface area contributed by atoms with Gasteiger partial charge in [0.05, 0.1) is 25.5 Å². The van der Waals surface area contributed by atoms with Gasteiger partial charge in [-0.15, -0.1) is 11.8 Å². The van der Waals surface area contributed by atoms with Crippen LogP contribution in [0.2, 0.25) is 0 Å². The Hall–Kier alpha value is -3.66. The van der Waals surface area contributed by atoms with Crippen LogP contribution in [0.15, 0.2) is 66.7 Å². The number of rotatable bonds is 6. The van der Waals surface area contributed by atoms with Crippen LogP contribution in [0, 0.1) is 0 Å². The molecular formula is C25H21F3N2O4S. The van der Waals surface area contributed by atoms with Gasteiger partial charge >= 0.3 is 6.18 Å². The minimum Gasteiger partial charge on any atom is -0.497 e. The van der Waals surface area contributed by atoms with E-state index >= 15 is 0 Å². The summed E-state index contributed by atoms with van der Waals surface area (Å²) in [7, 11) is 2.99. The molecule has 35 heavy (non-hydrogen) atoms. The lowest BCUT2D eigenvalue weighted by Crippen LogP contribution is -2.27. The first-order valence-corrected chi connectivity index (χ1v) is 11.5. The number of carbonyl (C=O) groups is 2. The number of nitrogens with zero attached hydrogens (tertiary/aromatic N) is 1. The van der Waals surface area contributed by atoms with E-state index in [1.807, 2.05) is 0 Å². The molecule has 10 heteroatoms. The monoisotopic (exact) mass is 502 g/mol. The molecule has 3 aromatic carbocycles. The Morgan fingerprint density at radius 2 is 1.57 bits per heavy atom. The zero-order valence-electron chi connectivity index (χ0n) is 18.8. The summed E-state index contributed by atoms with van der Waals surface area (Å²) >= 11 is 1.38. The molecule has 1 heterocycles. The molecule has 1 fully saturated rings. The van der Waals surface area contributed by atoms with Gasteiger partial charge in [0.15, 0.2) is 0 Å². The molecule has 0 radical (unpaired) electrons. The van der Waals surface area contributed by atoms with Crippen LogP contribution in [-0.4, -0.2) is 31.8 Å². The molecule has 4 rings (SSSR count). The van der Waals surface area contributed by atoms with E-state index in [4.69, 9.17) is 9.47 Å². The summed E-state index contributed by atoms with van der Waals surface area (Å²) in [6.45, 7) is 0. The lowest BCUT2D eigenvalue weighted by Gasteiger charge is -2.25. The highest BCUT2D eigenvalue weighted by Crippen LogP contribution is 2.42. The molecule has 1 saturated heterocycles. The Morgan fingerprint density at radius 3 is 2.11 bits per heavy atom. The van der Waals surface area contributed by atoms with Crippen LogP contribution in [0.25, 0.3) is 0 Å². The number of benzene rings is 3. The average molecular weight is 503 g/mol. The van der Waals surface area contributed by atoms with Gasteiger partial charge in [0, 0.05) is 23.0 Å². The van der Waals surface area contributed by atoms with E-state index in [0.717, 1.165) is 17.7 Å². The molecule has 182 valence electrons. The van der Waals surface area contributed by atoms with Gasteiger partial charge in [0.25, 0.3) is 5.91 Å². The van der Waals surface area contributed by atoms with Gasteiger partial charge in [-0.3, -0.25) is 14.5 Å². The van der Waals surface area contributed by atoms with Crippen molar-refractivity contribution in [2.45, 2.75) is 11.6 Å². The molecule has 2 amide bonds. The van der Waals surface area contributed by atoms with Crippen LogP contribution in [0.3, 0.4) is 0 Å². The molecule has 0 unspecified atom stereocenters. The van der Waals surface area contributed by atoms with Crippen molar-refractivity contribution in [3.05, 3.63) is 83.4 Å². The Labute approximate surface area is 204 Å². The number of hydrogen-bond donors (Lipinski definition) is 1. The summed E-state index contributed by atoms with van der Waals surface area (Å²) < 4.78 is 49.1. The van der Waals surface area contributed by atoms with E-state index in [0.29, 0.717) is 28.4 Å². The second kappa shape index (κ2) is 9.91. The highest BCUT2D eigenvalue weighted by Gasteiger charge is 2.35. The van der Waals surface area contributed by atoms with Crippen molar-refractivity contribution in [1.82, 2.24) is 0 Å². The normalized spacial score (nSPS) is 15.7. The van der Waals surface area contributed by atoms with E-state index in [9.17, 15) is 22.8 Å². The fourth-order valence-corrected chi connectivity index (χ4v) is 4.81. The smallest absolute Gasteiger partial charge is 0.416 e. The third-order valence-electron chi connectivity index (χ3n) is 5.41. The summed E-state index contributed by atoms with van der Waals surface area (Å²) in [5.74, 6) is 0.630. The zero-order valence-corrected chi connectivity index (χ0v) is 19.6. The Balaban J connectivity index is 1.51. The molecule has 1 aliphatic rings. The number of ether oxygens (including phenoxy) is 2. The zero-order chi connectivity index (χ0) is 25.2. The maximum atomic E-state index is 12.9. The molecular weight excluding hydrogens is 481 g/mol. The highest BCUT2D eigenvalue weighted by molar-refractivity contribution is 8.00. The van der Waals surface area contributed by atoms with Crippen molar-refractivity contribution in [3.8, 4) is 11.5 Å². The predicted octanol–water partition coefficient (Wildman–Crippen LogP) is 5.75. The van der Waals surface area contributed by atoms with Crippen LogP contribution in [0.1, 0.15) is 26.9 Å². The Morgan fingerprint density at radius 1 is 0.971 bits per heavy atom. The number of anilines is 2. The summed E-state index contributed by atoms with van der Waals surface area (Å²) in [6.07, 6.45) is -4.45. The number of nitrogens with one attached hydrogen (secondary N) is 1. The number of carbonyl (C=O) groups excluding carboxylic acids is 2. The standard InChI is InChI=1S/C25H21F3N2O4S/c1-33-20-11-16(12-21(13-20)34-2)23(32)29-18-7-3-15(4-8-18)24-30(22(31)14-35-24)19-9-5-17(6-10-19)25(26,27)28/h3-13,24H,14H2,1-2H3,(H,29,32)/t24-/m1/s1. The SMILES string of the molecule is COc1cc(OC)cc(C(=O)Nc2ccc([C@H]3SCC(=O)N3c3ccc(C(F)(F)F)cc3)cc2)c1. The Kier molecular flexibility index (Phi) is 6.93. The predicted molar refractivity (Wildman–Crippen MR) is 128 cm³/mol. The number of alkyl halides is 3. The van der Waals surface area contributed by atoms with Gasteiger partial charge in [-0.25, -0.2) is 0 Å². The fourth-order valence-electron chi connectivity index (χ4n) is 3.63. The second-order valence-electron chi connectivity index (χ2n) is 7.65. The van der Waals surface area contributed by atoms with Crippen molar-refractivity contribution < 1.29 is 32.2 Å². The maximum Gasteiger partial charge on any atom is 0.416 e. The number of methoxy groups -OCH3 is 2. The first-order chi connectivity index (χ1) is 16.7. The molecule has 0 saturated carbocycles. The van der Waals surface area contributed by atoms with E-state index in [1.165, 1.54) is 43.0 Å². The maximum absolute atomic E-state index is 12.9. The molecule has 1 atom stereocenters. The number of halogens is 3. The van der Waals surface area contributed by atoms with Crippen LogP contribution < -0.4 is 19.7 Å². The van der Waals surface area contributed by atoms with Crippen LogP contribution in [0.4, 0.5) is 24.5 Å². The molecule has 0 aliphatic carbocycles. The van der Waals surface area contributed by atoms with Crippen LogP contribution >= 0.6 is 11.8 Å². The van der Waals surface area contributed by atoms with Gasteiger partial charge in [0.2, 0.25) is 5.91 Å². The van der Waals surface area contributed by atoms with Crippen LogP contribution in [0.5, 0.6) is 11.5 Å². The molecule has 0 spiro atoms. The lowest BCUT2D eigenvalue weighted by atomic mass is 10.1. The summed E-state index contributed by atoms with van der Waals surface area (Å²) in [6, 6.07) is 16.3. The van der Waals surface area contributed by atoms with E-state index in [2.05, 4.69) is 5.32 Å². The van der Waals surface area contributed by atoms with E-state index in [-0.39, 0.29) is 17.6 Å². The number of hydrogen-bond acceptors (Lipinski definition) is 5. The van der Waals surface area contributed by atoms with Gasteiger partial charge < -0.3 is 14.8 Å². The van der Waals surface area contributed by atoms with Crippen molar-refractivity contribution >= 4 is 35.0 Å². The van der Waals surface area contributed by atoms with Gasteiger partial charge in [-0.05, 0) is 54.1 Å². The van der Waals surface area contributed by atoms with Crippen molar-refractivity contribution in [2.75, 3.05) is 30.2 Å². The minimum atomic E-state index is -4.45. The summed E-state index contributed by atoms with van der Waals surface area (Å²) in [5, 5.41) is 2.41. The third kappa shape index (κ3) is 5.37. The van der Waals surface area contributed by atoms with Gasteiger partial charge in [-0.1, -0.05) is 12.1 Å². The minimum absolute atomic E-state index is 0.191. The molecule has 6 nitrogen and oxygen atoms in total. The summed E-state index contributed by atoms with van der Waals surface area (Å²) in [4.78, 5) is 26.7. The fraction of sp³-hybridized carbons (Fsp3) is 0.200. The Bertz CT molecular complexity index is 1210. The molecule has 3 aromatic rings. The first-order valence-electron chi connectivity index (χ1n) is 10.4. The average Bonchev–Trinajstić information content (AvgIpc) is 3.24. The largest absolute Gasteiger partial charge is 0.497 e.